The fourth-order valence-electron chi connectivity index (χ4n) is 3.04. The molecule has 1 aliphatic carbocycles. The van der Waals surface area contributed by atoms with Crippen molar-refractivity contribution in [3.05, 3.63) is 29.8 Å². The van der Waals surface area contributed by atoms with Crippen molar-refractivity contribution in [3.8, 4) is 5.75 Å². The minimum atomic E-state index is -0.584. The van der Waals surface area contributed by atoms with Crippen LogP contribution in [0.4, 0.5) is 0 Å². The standard InChI is InChI=1S/C18H26N2O3/c1-11-5-4-6-16(12(11)2)20-18(22)13(3)23-15-9-7-14(8-10-15)17(19)21/h7-13,16H,4-6H2,1-3H3,(H2,19,21)(H,20,22)/t11-,12-,13-,16-/m1/s1. The number of hydrogen-bond acceptors (Lipinski definition) is 3. The number of amides is 2. The number of ether oxygens (including phenoxy) is 1. The Hall–Kier alpha value is -2.04. The van der Waals surface area contributed by atoms with E-state index in [0.717, 1.165) is 12.8 Å². The summed E-state index contributed by atoms with van der Waals surface area (Å²) >= 11 is 0. The summed E-state index contributed by atoms with van der Waals surface area (Å²) in [5.74, 6) is 1.07. The van der Waals surface area contributed by atoms with E-state index in [-0.39, 0.29) is 11.9 Å². The predicted octanol–water partition coefficient (Wildman–Crippen LogP) is 2.49. The lowest BCUT2D eigenvalue weighted by Crippen LogP contribution is -2.48. The zero-order valence-electron chi connectivity index (χ0n) is 14.0. The Morgan fingerprint density at radius 1 is 1.22 bits per heavy atom. The lowest BCUT2D eigenvalue weighted by atomic mass is 9.78. The third-order valence-corrected chi connectivity index (χ3v) is 4.86. The van der Waals surface area contributed by atoms with E-state index in [2.05, 4.69) is 19.2 Å². The molecule has 1 saturated carbocycles. The summed E-state index contributed by atoms with van der Waals surface area (Å²) in [5, 5.41) is 3.11. The van der Waals surface area contributed by atoms with E-state index in [4.69, 9.17) is 10.5 Å². The summed E-state index contributed by atoms with van der Waals surface area (Å²) in [4.78, 5) is 23.4. The number of nitrogens with one attached hydrogen (secondary N) is 1. The predicted molar refractivity (Wildman–Crippen MR) is 89.2 cm³/mol. The Morgan fingerprint density at radius 2 is 1.87 bits per heavy atom. The summed E-state index contributed by atoms with van der Waals surface area (Å²) in [6.07, 6.45) is 2.82. The fourth-order valence-corrected chi connectivity index (χ4v) is 3.04. The first-order chi connectivity index (χ1) is 10.9. The molecule has 0 aliphatic heterocycles. The molecule has 1 fully saturated rings. The van der Waals surface area contributed by atoms with Crippen molar-refractivity contribution >= 4 is 11.8 Å². The maximum Gasteiger partial charge on any atom is 0.261 e. The molecule has 0 radical (unpaired) electrons. The molecular formula is C18H26N2O3. The van der Waals surface area contributed by atoms with Crippen LogP contribution in [0.1, 0.15) is 50.4 Å². The Kier molecular flexibility index (Phi) is 5.64. The third-order valence-electron chi connectivity index (χ3n) is 4.86. The number of nitrogens with two attached hydrogens (primary N) is 1. The van der Waals surface area contributed by atoms with Gasteiger partial charge in [-0.3, -0.25) is 9.59 Å². The summed E-state index contributed by atoms with van der Waals surface area (Å²) in [7, 11) is 0. The first-order valence-electron chi connectivity index (χ1n) is 8.25. The van der Waals surface area contributed by atoms with Gasteiger partial charge in [-0.2, -0.15) is 0 Å². The highest BCUT2D eigenvalue weighted by Crippen LogP contribution is 2.29. The molecule has 3 N–H and O–H groups in total. The summed E-state index contributed by atoms with van der Waals surface area (Å²) < 4.78 is 5.65. The van der Waals surface area contributed by atoms with Crippen molar-refractivity contribution in [2.45, 2.75) is 52.2 Å². The Labute approximate surface area is 137 Å². The molecule has 1 aliphatic rings. The highest BCUT2D eigenvalue weighted by atomic mass is 16.5. The van der Waals surface area contributed by atoms with Crippen molar-refractivity contribution < 1.29 is 14.3 Å². The molecule has 5 nitrogen and oxygen atoms in total. The number of carbonyl (C=O) groups excluding carboxylic acids is 2. The molecule has 2 amide bonds. The fraction of sp³-hybridized carbons (Fsp3) is 0.556. The second-order valence-electron chi connectivity index (χ2n) is 6.53. The van der Waals surface area contributed by atoms with Crippen LogP contribution in [0.15, 0.2) is 24.3 Å². The molecule has 1 aromatic rings. The van der Waals surface area contributed by atoms with Gasteiger partial charge in [0.1, 0.15) is 5.75 Å². The average Bonchev–Trinajstić information content (AvgIpc) is 2.52. The number of primary amides is 1. The lowest BCUT2D eigenvalue weighted by molar-refractivity contribution is -0.128. The van der Waals surface area contributed by atoms with E-state index in [0.29, 0.717) is 23.1 Å². The molecule has 126 valence electrons. The van der Waals surface area contributed by atoms with Gasteiger partial charge in [-0.1, -0.05) is 26.7 Å². The molecule has 1 aromatic carbocycles. The van der Waals surface area contributed by atoms with Gasteiger partial charge in [-0.25, -0.2) is 0 Å². The second kappa shape index (κ2) is 7.49. The minimum absolute atomic E-state index is 0.102. The van der Waals surface area contributed by atoms with Crippen LogP contribution < -0.4 is 15.8 Å². The van der Waals surface area contributed by atoms with Crippen molar-refractivity contribution in [1.82, 2.24) is 5.32 Å². The highest BCUT2D eigenvalue weighted by Gasteiger charge is 2.29. The highest BCUT2D eigenvalue weighted by molar-refractivity contribution is 5.92. The van der Waals surface area contributed by atoms with E-state index in [1.165, 1.54) is 6.42 Å². The molecule has 5 heteroatoms. The molecule has 4 atom stereocenters. The van der Waals surface area contributed by atoms with Gasteiger partial charge in [0.2, 0.25) is 5.91 Å². The summed E-state index contributed by atoms with van der Waals surface area (Å²) in [6.45, 7) is 6.17. The molecule has 0 bridgehead atoms. The van der Waals surface area contributed by atoms with Crippen molar-refractivity contribution in [2.75, 3.05) is 0 Å². The average molecular weight is 318 g/mol. The van der Waals surface area contributed by atoms with Crippen LogP contribution in [-0.4, -0.2) is 24.0 Å². The normalized spacial score (nSPS) is 25.4. The van der Waals surface area contributed by atoms with Crippen LogP contribution in [0.5, 0.6) is 5.75 Å². The second-order valence-corrected chi connectivity index (χ2v) is 6.53. The Morgan fingerprint density at radius 3 is 2.48 bits per heavy atom. The van der Waals surface area contributed by atoms with Gasteiger partial charge in [-0.15, -0.1) is 0 Å². The SMILES string of the molecule is C[C@@H]1[C@H](C)CCC[C@H]1NC(=O)[C@@H](C)Oc1ccc(C(N)=O)cc1. The van der Waals surface area contributed by atoms with E-state index < -0.39 is 12.0 Å². The Balaban J connectivity index is 1.90. The van der Waals surface area contributed by atoms with Gasteiger partial charge in [0.15, 0.2) is 6.10 Å². The first kappa shape index (κ1) is 17.3. The molecule has 0 saturated heterocycles. The largest absolute Gasteiger partial charge is 0.481 e. The van der Waals surface area contributed by atoms with Gasteiger partial charge in [0.25, 0.3) is 5.91 Å². The number of carbonyl (C=O) groups is 2. The van der Waals surface area contributed by atoms with E-state index >= 15 is 0 Å². The molecular weight excluding hydrogens is 292 g/mol. The van der Waals surface area contributed by atoms with Gasteiger partial charge in [-0.05, 0) is 49.4 Å². The smallest absolute Gasteiger partial charge is 0.261 e. The van der Waals surface area contributed by atoms with Crippen molar-refractivity contribution in [3.63, 3.8) is 0 Å². The molecule has 0 heterocycles. The van der Waals surface area contributed by atoms with Crippen molar-refractivity contribution in [1.29, 1.82) is 0 Å². The zero-order valence-corrected chi connectivity index (χ0v) is 14.0. The maximum absolute atomic E-state index is 12.3. The quantitative estimate of drug-likeness (QED) is 0.875. The van der Waals surface area contributed by atoms with Crippen LogP contribution >= 0.6 is 0 Å². The lowest BCUT2D eigenvalue weighted by Gasteiger charge is -2.35. The summed E-state index contributed by atoms with van der Waals surface area (Å²) in [6, 6.07) is 6.69. The van der Waals surface area contributed by atoms with Gasteiger partial charge >= 0.3 is 0 Å². The molecule has 0 spiro atoms. The van der Waals surface area contributed by atoms with Crippen molar-refractivity contribution in [2.24, 2.45) is 17.6 Å². The number of hydrogen-bond donors (Lipinski definition) is 2. The van der Waals surface area contributed by atoms with Crippen LogP contribution in [0.3, 0.4) is 0 Å². The molecule has 0 unspecified atom stereocenters. The van der Waals surface area contributed by atoms with E-state index in [9.17, 15) is 9.59 Å². The van der Waals surface area contributed by atoms with Crippen LogP contribution in [0.25, 0.3) is 0 Å². The van der Waals surface area contributed by atoms with Crippen LogP contribution in [0.2, 0.25) is 0 Å². The van der Waals surface area contributed by atoms with E-state index in [1.54, 1.807) is 31.2 Å². The van der Waals surface area contributed by atoms with Gasteiger partial charge < -0.3 is 15.8 Å². The summed E-state index contributed by atoms with van der Waals surface area (Å²) in [5.41, 5.74) is 5.61. The molecule has 2 rings (SSSR count). The topological polar surface area (TPSA) is 81.4 Å². The maximum atomic E-state index is 12.3. The first-order valence-corrected chi connectivity index (χ1v) is 8.25. The number of rotatable bonds is 5. The van der Waals surface area contributed by atoms with Gasteiger partial charge in [0.05, 0.1) is 0 Å². The molecule has 23 heavy (non-hydrogen) atoms. The zero-order chi connectivity index (χ0) is 17.0. The monoisotopic (exact) mass is 318 g/mol. The third kappa shape index (κ3) is 4.47. The van der Waals surface area contributed by atoms with Crippen LogP contribution in [-0.2, 0) is 4.79 Å². The molecule has 0 aromatic heterocycles. The number of benzene rings is 1. The van der Waals surface area contributed by atoms with Gasteiger partial charge in [0, 0.05) is 11.6 Å². The van der Waals surface area contributed by atoms with Crippen LogP contribution in [0, 0.1) is 11.8 Å². The Bertz CT molecular complexity index is 556. The van der Waals surface area contributed by atoms with E-state index in [1.807, 2.05) is 0 Å². The minimum Gasteiger partial charge on any atom is -0.481 e.